The van der Waals surface area contributed by atoms with Gasteiger partial charge in [0.25, 0.3) is 0 Å². The summed E-state index contributed by atoms with van der Waals surface area (Å²) in [5.74, 6) is 1.10. The molecule has 2 amide bonds. The fraction of sp³-hybridized carbons (Fsp3) is 0.545. The molecule has 1 saturated carbocycles. The molecule has 27 heavy (non-hydrogen) atoms. The molecule has 0 radical (unpaired) electrons. The van der Waals surface area contributed by atoms with Crippen molar-refractivity contribution < 1.29 is 4.79 Å². The van der Waals surface area contributed by atoms with Crippen LogP contribution in [0.3, 0.4) is 0 Å². The Bertz CT molecular complexity index is 702. The molecule has 0 spiro atoms. The molecule has 1 aromatic heterocycles. The lowest BCUT2D eigenvalue weighted by molar-refractivity contribution is 0.241. The highest BCUT2D eigenvalue weighted by Crippen LogP contribution is 2.29. The fourth-order valence-electron chi connectivity index (χ4n) is 4.01. The number of benzene rings is 1. The van der Waals surface area contributed by atoms with Gasteiger partial charge in [0.1, 0.15) is 5.82 Å². The van der Waals surface area contributed by atoms with Crippen molar-refractivity contribution in [3.05, 3.63) is 53.6 Å². The molecular formula is C22H32N4O. The SMILES string of the molecule is Cc1cnc(CCNC(=O)NCCc2ccccc2)n1C1CCCCCC1. The maximum absolute atomic E-state index is 12.0. The third-order valence-electron chi connectivity index (χ3n) is 5.42. The Morgan fingerprint density at radius 3 is 2.41 bits per heavy atom. The summed E-state index contributed by atoms with van der Waals surface area (Å²) in [6.45, 7) is 3.40. The molecule has 2 aromatic rings. The van der Waals surface area contributed by atoms with Crippen LogP contribution in [0.2, 0.25) is 0 Å². The summed E-state index contributed by atoms with van der Waals surface area (Å²) in [5.41, 5.74) is 2.47. The number of hydrogen-bond acceptors (Lipinski definition) is 2. The highest BCUT2D eigenvalue weighted by molar-refractivity contribution is 5.73. The summed E-state index contributed by atoms with van der Waals surface area (Å²) < 4.78 is 2.42. The number of aromatic nitrogens is 2. The van der Waals surface area contributed by atoms with Crippen molar-refractivity contribution in [3.8, 4) is 0 Å². The van der Waals surface area contributed by atoms with E-state index in [1.54, 1.807) is 0 Å². The van der Waals surface area contributed by atoms with Gasteiger partial charge in [0.15, 0.2) is 0 Å². The number of carbonyl (C=O) groups excluding carboxylic acids is 1. The third-order valence-corrected chi connectivity index (χ3v) is 5.42. The van der Waals surface area contributed by atoms with Crippen LogP contribution in [0.1, 0.15) is 61.6 Å². The van der Waals surface area contributed by atoms with Gasteiger partial charge in [-0.25, -0.2) is 9.78 Å². The Hall–Kier alpha value is -2.30. The zero-order valence-corrected chi connectivity index (χ0v) is 16.4. The van der Waals surface area contributed by atoms with Gasteiger partial charge in [0, 0.05) is 37.4 Å². The van der Waals surface area contributed by atoms with Crippen LogP contribution in [0.4, 0.5) is 4.79 Å². The molecule has 2 N–H and O–H groups in total. The molecule has 0 unspecified atom stereocenters. The first-order chi connectivity index (χ1) is 13.2. The molecule has 5 nitrogen and oxygen atoms in total. The van der Waals surface area contributed by atoms with Crippen molar-refractivity contribution in [3.63, 3.8) is 0 Å². The van der Waals surface area contributed by atoms with E-state index in [1.165, 1.54) is 49.8 Å². The first-order valence-corrected chi connectivity index (χ1v) is 10.3. The molecule has 1 heterocycles. The average molecular weight is 369 g/mol. The lowest BCUT2D eigenvalue weighted by Gasteiger charge is -2.21. The Kier molecular flexibility index (Phi) is 7.31. The minimum Gasteiger partial charge on any atom is -0.338 e. The van der Waals surface area contributed by atoms with Crippen LogP contribution in [0, 0.1) is 6.92 Å². The van der Waals surface area contributed by atoms with Gasteiger partial charge >= 0.3 is 6.03 Å². The minimum absolute atomic E-state index is 0.102. The zero-order valence-electron chi connectivity index (χ0n) is 16.4. The molecule has 0 aliphatic heterocycles. The number of urea groups is 1. The predicted molar refractivity (Wildman–Crippen MR) is 109 cm³/mol. The predicted octanol–water partition coefficient (Wildman–Crippen LogP) is 4.17. The van der Waals surface area contributed by atoms with Gasteiger partial charge in [-0.1, -0.05) is 56.0 Å². The van der Waals surface area contributed by atoms with E-state index in [4.69, 9.17) is 0 Å². The number of amides is 2. The Labute approximate surface area is 162 Å². The van der Waals surface area contributed by atoms with Crippen molar-refractivity contribution in [2.24, 2.45) is 0 Å². The minimum atomic E-state index is -0.102. The van der Waals surface area contributed by atoms with E-state index in [0.29, 0.717) is 19.1 Å². The van der Waals surface area contributed by atoms with Crippen molar-refractivity contribution in [2.45, 2.75) is 64.3 Å². The largest absolute Gasteiger partial charge is 0.338 e. The Morgan fingerprint density at radius 1 is 1.04 bits per heavy atom. The number of aryl methyl sites for hydroxylation is 1. The van der Waals surface area contributed by atoms with Crippen LogP contribution in [0.5, 0.6) is 0 Å². The van der Waals surface area contributed by atoms with Crippen molar-refractivity contribution in [2.75, 3.05) is 13.1 Å². The first kappa shape index (κ1) is 19.5. The normalized spacial score (nSPS) is 15.3. The van der Waals surface area contributed by atoms with Gasteiger partial charge < -0.3 is 15.2 Å². The summed E-state index contributed by atoms with van der Waals surface area (Å²) in [6.07, 6.45) is 11.4. The summed E-state index contributed by atoms with van der Waals surface area (Å²) in [6, 6.07) is 10.7. The second-order valence-corrected chi connectivity index (χ2v) is 7.50. The molecule has 1 aliphatic rings. The van der Waals surface area contributed by atoms with E-state index < -0.39 is 0 Å². The number of imidazole rings is 1. The molecular weight excluding hydrogens is 336 g/mol. The van der Waals surface area contributed by atoms with E-state index in [2.05, 4.69) is 39.2 Å². The monoisotopic (exact) mass is 368 g/mol. The van der Waals surface area contributed by atoms with E-state index >= 15 is 0 Å². The number of hydrogen-bond donors (Lipinski definition) is 2. The van der Waals surface area contributed by atoms with Gasteiger partial charge in [0.05, 0.1) is 0 Å². The van der Waals surface area contributed by atoms with Crippen molar-refractivity contribution in [1.82, 2.24) is 20.2 Å². The molecule has 0 saturated heterocycles. The molecule has 1 aromatic carbocycles. The second kappa shape index (κ2) is 10.1. The fourth-order valence-corrected chi connectivity index (χ4v) is 4.01. The van der Waals surface area contributed by atoms with Crippen LogP contribution >= 0.6 is 0 Å². The number of rotatable bonds is 7. The number of nitrogens with one attached hydrogen (secondary N) is 2. The van der Waals surface area contributed by atoms with Crippen LogP contribution in [0.25, 0.3) is 0 Å². The van der Waals surface area contributed by atoms with Crippen LogP contribution in [0.15, 0.2) is 36.5 Å². The summed E-state index contributed by atoms with van der Waals surface area (Å²) >= 11 is 0. The lowest BCUT2D eigenvalue weighted by Crippen LogP contribution is -2.37. The van der Waals surface area contributed by atoms with Gasteiger partial charge in [-0.15, -0.1) is 0 Å². The van der Waals surface area contributed by atoms with Crippen LogP contribution < -0.4 is 10.6 Å². The maximum Gasteiger partial charge on any atom is 0.314 e. The van der Waals surface area contributed by atoms with Crippen molar-refractivity contribution in [1.29, 1.82) is 0 Å². The summed E-state index contributed by atoms with van der Waals surface area (Å²) in [4.78, 5) is 16.6. The molecule has 1 fully saturated rings. The van der Waals surface area contributed by atoms with Gasteiger partial charge in [0.2, 0.25) is 0 Å². The van der Waals surface area contributed by atoms with Crippen molar-refractivity contribution >= 4 is 6.03 Å². The van der Waals surface area contributed by atoms with E-state index in [1.807, 2.05) is 24.4 Å². The average Bonchev–Trinajstić information content (AvgIpc) is 2.87. The van der Waals surface area contributed by atoms with E-state index in [9.17, 15) is 4.79 Å². The molecule has 146 valence electrons. The number of carbonyl (C=O) groups is 1. The van der Waals surface area contributed by atoms with Gasteiger partial charge in [-0.2, -0.15) is 0 Å². The Morgan fingerprint density at radius 2 is 1.70 bits per heavy atom. The molecule has 0 atom stereocenters. The lowest BCUT2D eigenvalue weighted by atomic mass is 10.1. The molecule has 0 bridgehead atoms. The van der Waals surface area contributed by atoms with Crippen LogP contribution in [-0.4, -0.2) is 28.7 Å². The zero-order chi connectivity index (χ0) is 18.9. The van der Waals surface area contributed by atoms with E-state index in [0.717, 1.165) is 18.7 Å². The molecule has 1 aliphatic carbocycles. The highest BCUT2D eigenvalue weighted by atomic mass is 16.2. The topological polar surface area (TPSA) is 59.0 Å². The Balaban J connectivity index is 1.43. The van der Waals surface area contributed by atoms with Gasteiger partial charge in [-0.05, 0) is 31.7 Å². The standard InChI is InChI=1S/C22H32N4O/c1-18-17-25-21(26(18)20-11-7-2-3-8-12-20)14-16-24-22(27)23-15-13-19-9-5-4-6-10-19/h4-6,9-10,17,20H,2-3,7-8,11-16H2,1H3,(H2,23,24,27). The smallest absolute Gasteiger partial charge is 0.314 e. The third kappa shape index (κ3) is 5.84. The van der Waals surface area contributed by atoms with Gasteiger partial charge in [-0.3, -0.25) is 0 Å². The number of nitrogens with zero attached hydrogens (tertiary/aromatic N) is 2. The summed E-state index contributed by atoms with van der Waals surface area (Å²) in [5, 5.41) is 5.90. The highest BCUT2D eigenvalue weighted by Gasteiger charge is 2.19. The quantitative estimate of drug-likeness (QED) is 0.721. The van der Waals surface area contributed by atoms with E-state index in [-0.39, 0.29) is 6.03 Å². The summed E-state index contributed by atoms with van der Waals surface area (Å²) in [7, 11) is 0. The second-order valence-electron chi connectivity index (χ2n) is 7.50. The molecule has 3 rings (SSSR count). The maximum atomic E-state index is 12.0. The van der Waals surface area contributed by atoms with Crippen LogP contribution in [-0.2, 0) is 12.8 Å². The first-order valence-electron chi connectivity index (χ1n) is 10.3. The molecule has 5 heteroatoms.